The lowest BCUT2D eigenvalue weighted by Gasteiger charge is -2.12. The fourth-order valence-corrected chi connectivity index (χ4v) is 2.45. The molecule has 0 atom stereocenters. The van der Waals surface area contributed by atoms with Crippen molar-refractivity contribution in [3.63, 3.8) is 0 Å². The van der Waals surface area contributed by atoms with Crippen molar-refractivity contribution in [3.8, 4) is 5.75 Å². The Kier molecular flexibility index (Phi) is 4.59. The summed E-state index contributed by atoms with van der Waals surface area (Å²) in [6.45, 7) is 3.40. The molecule has 0 bridgehead atoms. The molecule has 0 unspecified atom stereocenters. The summed E-state index contributed by atoms with van der Waals surface area (Å²) in [7, 11) is 2.76. The van der Waals surface area contributed by atoms with Crippen LogP contribution in [0.3, 0.4) is 0 Å². The molecule has 0 spiro atoms. The summed E-state index contributed by atoms with van der Waals surface area (Å²) in [5, 5.41) is 2.66. The monoisotopic (exact) mass is 291 g/mol. The van der Waals surface area contributed by atoms with Gasteiger partial charge in [-0.15, -0.1) is 0 Å². The van der Waals surface area contributed by atoms with Gasteiger partial charge in [0, 0.05) is 28.9 Å². The zero-order chi connectivity index (χ0) is 13.9. The number of amides is 1. The molecule has 0 heterocycles. The molecule has 0 fully saturated rings. The van der Waals surface area contributed by atoms with Gasteiger partial charge in [0.15, 0.2) is 0 Å². The third-order valence-electron chi connectivity index (χ3n) is 2.37. The van der Waals surface area contributed by atoms with Crippen molar-refractivity contribution < 1.29 is 17.9 Å². The van der Waals surface area contributed by atoms with E-state index in [1.165, 1.54) is 19.2 Å². The first-order valence-electron chi connectivity index (χ1n) is 5.22. The van der Waals surface area contributed by atoms with E-state index in [4.69, 9.17) is 15.4 Å². The van der Waals surface area contributed by atoms with Crippen LogP contribution in [-0.4, -0.2) is 21.4 Å². The standard InChI is InChI=1S/C11H14ClNO4S/c1-4-11(14)13-8-6-9(17-3)10(5-7(8)2)18(12,15)16/h5-6H,4H2,1-3H3,(H,13,14). The van der Waals surface area contributed by atoms with E-state index in [1.54, 1.807) is 13.8 Å². The Hall–Kier alpha value is -1.27. The van der Waals surface area contributed by atoms with Gasteiger partial charge >= 0.3 is 0 Å². The van der Waals surface area contributed by atoms with Gasteiger partial charge in [-0.3, -0.25) is 4.79 Å². The van der Waals surface area contributed by atoms with Crippen molar-refractivity contribution >= 4 is 31.3 Å². The van der Waals surface area contributed by atoms with Gasteiger partial charge in [-0.2, -0.15) is 0 Å². The highest BCUT2D eigenvalue weighted by Gasteiger charge is 2.19. The molecule has 5 nitrogen and oxygen atoms in total. The maximum absolute atomic E-state index is 11.4. The van der Waals surface area contributed by atoms with Gasteiger partial charge in [0.2, 0.25) is 5.91 Å². The molecule has 0 saturated heterocycles. The Labute approximate surface area is 111 Å². The number of anilines is 1. The maximum atomic E-state index is 11.4. The molecule has 0 aliphatic rings. The van der Waals surface area contributed by atoms with Gasteiger partial charge in [0.05, 0.1) is 7.11 Å². The Bertz CT molecular complexity index is 569. The van der Waals surface area contributed by atoms with E-state index in [2.05, 4.69) is 5.32 Å². The number of hydrogen-bond donors (Lipinski definition) is 1. The molecule has 1 amide bonds. The van der Waals surface area contributed by atoms with Crippen molar-refractivity contribution in [1.29, 1.82) is 0 Å². The van der Waals surface area contributed by atoms with Crippen LogP contribution in [0.15, 0.2) is 17.0 Å². The highest BCUT2D eigenvalue weighted by atomic mass is 35.7. The molecule has 0 radical (unpaired) electrons. The fourth-order valence-electron chi connectivity index (χ4n) is 1.38. The number of methoxy groups -OCH3 is 1. The number of carbonyl (C=O) groups excluding carboxylic acids is 1. The van der Waals surface area contributed by atoms with Crippen LogP contribution in [-0.2, 0) is 13.8 Å². The van der Waals surface area contributed by atoms with E-state index in [0.29, 0.717) is 17.7 Å². The fraction of sp³-hybridized carbons (Fsp3) is 0.364. The van der Waals surface area contributed by atoms with Crippen LogP contribution >= 0.6 is 10.7 Å². The molecule has 100 valence electrons. The zero-order valence-corrected chi connectivity index (χ0v) is 11.9. The minimum Gasteiger partial charge on any atom is -0.495 e. The molecule has 1 N–H and O–H groups in total. The summed E-state index contributed by atoms with van der Waals surface area (Å²) in [6, 6.07) is 2.81. The van der Waals surface area contributed by atoms with Crippen LogP contribution in [0.1, 0.15) is 18.9 Å². The molecule has 1 aromatic rings. The van der Waals surface area contributed by atoms with Crippen molar-refractivity contribution in [2.75, 3.05) is 12.4 Å². The van der Waals surface area contributed by atoms with Gasteiger partial charge in [0.1, 0.15) is 10.6 Å². The Balaban J connectivity index is 3.31. The molecule has 0 aliphatic heterocycles. The number of aryl methyl sites for hydroxylation is 1. The molecule has 1 aromatic carbocycles. The second-order valence-corrected chi connectivity index (χ2v) is 6.19. The first-order chi connectivity index (χ1) is 8.29. The molecule has 7 heteroatoms. The predicted molar refractivity (Wildman–Crippen MR) is 69.7 cm³/mol. The van der Waals surface area contributed by atoms with E-state index in [0.717, 1.165) is 0 Å². The average molecular weight is 292 g/mol. The second kappa shape index (κ2) is 5.58. The summed E-state index contributed by atoms with van der Waals surface area (Å²) in [5.74, 6) is -0.0661. The largest absolute Gasteiger partial charge is 0.495 e. The first-order valence-corrected chi connectivity index (χ1v) is 7.53. The number of benzene rings is 1. The van der Waals surface area contributed by atoms with Gasteiger partial charge in [-0.25, -0.2) is 8.42 Å². The quantitative estimate of drug-likeness (QED) is 0.864. The van der Waals surface area contributed by atoms with E-state index in [1.807, 2.05) is 0 Å². The number of nitrogens with one attached hydrogen (secondary N) is 1. The van der Waals surface area contributed by atoms with Crippen LogP contribution in [0.5, 0.6) is 5.75 Å². The Morgan fingerprint density at radius 1 is 1.44 bits per heavy atom. The van der Waals surface area contributed by atoms with Gasteiger partial charge in [-0.05, 0) is 18.6 Å². The minimum atomic E-state index is -3.88. The Morgan fingerprint density at radius 2 is 2.06 bits per heavy atom. The third kappa shape index (κ3) is 3.36. The van der Waals surface area contributed by atoms with Gasteiger partial charge in [0.25, 0.3) is 9.05 Å². The summed E-state index contributed by atoms with van der Waals surface area (Å²) < 4.78 is 27.7. The van der Waals surface area contributed by atoms with E-state index >= 15 is 0 Å². The topological polar surface area (TPSA) is 72.5 Å². The normalized spacial score (nSPS) is 11.1. The highest BCUT2D eigenvalue weighted by Crippen LogP contribution is 2.32. The van der Waals surface area contributed by atoms with Crippen LogP contribution in [0.4, 0.5) is 5.69 Å². The molecular formula is C11H14ClNO4S. The lowest BCUT2D eigenvalue weighted by atomic mass is 10.2. The van der Waals surface area contributed by atoms with Gasteiger partial charge in [-0.1, -0.05) is 6.92 Å². The summed E-state index contributed by atoms with van der Waals surface area (Å²) in [4.78, 5) is 11.2. The first kappa shape index (κ1) is 14.8. The maximum Gasteiger partial charge on any atom is 0.264 e. The van der Waals surface area contributed by atoms with Crippen molar-refractivity contribution in [2.24, 2.45) is 0 Å². The second-order valence-electron chi connectivity index (χ2n) is 3.66. The number of rotatable bonds is 4. The molecule has 0 aliphatic carbocycles. The zero-order valence-electron chi connectivity index (χ0n) is 10.3. The van der Waals surface area contributed by atoms with Crippen LogP contribution in [0.25, 0.3) is 0 Å². The molecule has 18 heavy (non-hydrogen) atoms. The predicted octanol–water partition coefficient (Wildman–Crippen LogP) is 2.28. The summed E-state index contributed by atoms with van der Waals surface area (Å²) in [6.07, 6.45) is 0.331. The number of ether oxygens (including phenoxy) is 1. The number of hydrogen-bond acceptors (Lipinski definition) is 4. The lowest BCUT2D eigenvalue weighted by Crippen LogP contribution is -2.11. The summed E-state index contributed by atoms with van der Waals surface area (Å²) >= 11 is 0. The highest BCUT2D eigenvalue weighted by molar-refractivity contribution is 8.13. The molecule has 0 aromatic heterocycles. The van der Waals surface area contributed by atoms with Crippen molar-refractivity contribution in [2.45, 2.75) is 25.2 Å². The van der Waals surface area contributed by atoms with E-state index < -0.39 is 9.05 Å². The van der Waals surface area contributed by atoms with Crippen molar-refractivity contribution in [3.05, 3.63) is 17.7 Å². The lowest BCUT2D eigenvalue weighted by molar-refractivity contribution is -0.115. The average Bonchev–Trinajstić information content (AvgIpc) is 2.29. The van der Waals surface area contributed by atoms with Crippen LogP contribution in [0, 0.1) is 6.92 Å². The third-order valence-corrected chi connectivity index (χ3v) is 3.71. The summed E-state index contributed by atoms with van der Waals surface area (Å²) in [5.41, 5.74) is 1.10. The van der Waals surface area contributed by atoms with Crippen molar-refractivity contribution in [1.82, 2.24) is 0 Å². The van der Waals surface area contributed by atoms with Crippen LogP contribution in [0.2, 0.25) is 0 Å². The van der Waals surface area contributed by atoms with E-state index in [9.17, 15) is 13.2 Å². The Morgan fingerprint density at radius 3 is 2.50 bits per heavy atom. The van der Waals surface area contributed by atoms with Gasteiger partial charge < -0.3 is 10.1 Å². The molecule has 0 saturated carbocycles. The molecular weight excluding hydrogens is 278 g/mol. The number of halogens is 1. The minimum absolute atomic E-state index is 0.0991. The molecule has 1 rings (SSSR count). The SMILES string of the molecule is CCC(=O)Nc1cc(OC)c(S(=O)(=O)Cl)cc1C. The number of carbonyl (C=O) groups is 1. The van der Waals surface area contributed by atoms with Crippen LogP contribution < -0.4 is 10.1 Å². The smallest absolute Gasteiger partial charge is 0.264 e. The van der Waals surface area contributed by atoms with E-state index in [-0.39, 0.29) is 16.6 Å².